The van der Waals surface area contributed by atoms with Gasteiger partial charge in [-0.15, -0.1) is 0 Å². The van der Waals surface area contributed by atoms with E-state index in [4.69, 9.17) is 23.2 Å². The third kappa shape index (κ3) is 3.26. The van der Waals surface area contributed by atoms with E-state index in [0.29, 0.717) is 12.2 Å². The molecule has 2 aromatic heterocycles. The molecule has 2 rings (SSSR count). The second-order valence-electron chi connectivity index (χ2n) is 3.99. The minimum absolute atomic E-state index is 0.0222. The first kappa shape index (κ1) is 14.7. The zero-order valence-corrected chi connectivity index (χ0v) is 12.5. The van der Waals surface area contributed by atoms with Crippen LogP contribution in [0.1, 0.15) is 30.0 Å². The predicted octanol–water partition coefficient (Wildman–Crippen LogP) is 2.81. The molecule has 2 heterocycles. The van der Waals surface area contributed by atoms with E-state index >= 15 is 0 Å². The fourth-order valence-electron chi connectivity index (χ4n) is 1.70. The largest absolute Gasteiger partial charge is 0.305 e. The van der Waals surface area contributed by atoms with E-state index in [9.17, 15) is 4.79 Å². The highest BCUT2D eigenvalue weighted by molar-refractivity contribution is 6.32. The van der Waals surface area contributed by atoms with Gasteiger partial charge in [-0.05, 0) is 31.0 Å². The van der Waals surface area contributed by atoms with Crippen molar-refractivity contribution in [1.29, 1.82) is 0 Å². The van der Waals surface area contributed by atoms with Gasteiger partial charge in [-0.1, -0.05) is 18.5 Å². The average Bonchev–Trinajstić information content (AvgIpc) is 2.80. The number of carbonyl (C=O) groups excluding carboxylic acids is 1. The maximum atomic E-state index is 12.2. The SMILES string of the molecule is CCc1cc(C(=O)Nc2cc(Cl)nc(Cl)n2)n(CC)n1. The van der Waals surface area contributed by atoms with Crippen molar-refractivity contribution < 1.29 is 4.79 Å². The van der Waals surface area contributed by atoms with Crippen LogP contribution in [-0.2, 0) is 13.0 Å². The molecule has 0 aliphatic carbocycles. The monoisotopic (exact) mass is 313 g/mol. The van der Waals surface area contributed by atoms with Crippen molar-refractivity contribution >= 4 is 34.9 Å². The molecule has 0 unspecified atom stereocenters. The van der Waals surface area contributed by atoms with Gasteiger partial charge in [0.05, 0.1) is 5.69 Å². The van der Waals surface area contributed by atoms with Gasteiger partial charge in [0.1, 0.15) is 16.7 Å². The number of hydrogen-bond acceptors (Lipinski definition) is 4. The summed E-state index contributed by atoms with van der Waals surface area (Å²) in [6.07, 6.45) is 0.762. The molecule has 0 aliphatic heterocycles. The number of halogens is 2. The summed E-state index contributed by atoms with van der Waals surface area (Å²) in [5.41, 5.74) is 1.32. The highest BCUT2D eigenvalue weighted by Gasteiger charge is 2.15. The van der Waals surface area contributed by atoms with Crippen LogP contribution in [0.25, 0.3) is 0 Å². The molecule has 8 heteroatoms. The molecule has 1 N–H and O–H groups in total. The molecule has 0 atom stereocenters. The lowest BCUT2D eigenvalue weighted by Crippen LogP contribution is -2.18. The van der Waals surface area contributed by atoms with E-state index in [1.807, 2.05) is 13.8 Å². The fraction of sp³-hybridized carbons (Fsp3) is 0.333. The summed E-state index contributed by atoms with van der Waals surface area (Å²) in [7, 11) is 0. The molecule has 0 radical (unpaired) electrons. The van der Waals surface area contributed by atoms with Crippen LogP contribution in [0.4, 0.5) is 5.82 Å². The average molecular weight is 314 g/mol. The Balaban J connectivity index is 2.25. The topological polar surface area (TPSA) is 72.7 Å². The summed E-state index contributed by atoms with van der Waals surface area (Å²) >= 11 is 11.4. The highest BCUT2D eigenvalue weighted by atomic mass is 35.5. The van der Waals surface area contributed by atoms with E-state index in [2.05, 4.69) is 20.4 Å². The van der Waals surface area contributed by atoms with E-state index in [0.717, 1.165) is 12.1 Å². The maximum Gasteiger partial charge on any atom is 0.275 e. The lowest BCUT2D eigenvalue weighted by molar-refractivity contribution is 0.101. The second kappa shape index (κ2) is 6.19. The van der Waals surface area contributed by atoms with Crippen LogP contribution >= 0.6 is 23.2 Å². The van der Waals surface area contributed by atoms with Crippen LogP contribution in [0.3, 0.4) is 0 Å². The van der Waals surface area contributed by atoms with Crippen molar-refractivity contribution in [2.75, 3.05) is 5.32 Å². The van der Waals surface area contributed by atoms with Crippen LogP contribution in [0, 0.1) is 0 Å². The Morgan fingerprint density at radius 1 is 1.30 bits per heavy atom. The fourth-order valence-corrected chi connectivity index (χ4v) is 2.11. The van der Waals surface area contributed by atoms with E-state index in [-0.39, 0.29) is 22.2 Å². The third-order valence-electron chi connectivity index (χ3n) is 2.63. The molecule has 0 saturated heterocycles. The van der Waals surface area contributed by atoms with Gasteiger partial charge in [-0.2, -0.15) is 5.10 Å². The second-order valence-corrected chi connectivity index (χ2v) is 4.71. The smallest absolute Gasteiger partial charge is 0.275 e. The normalized spacial score (nSPS) is 10.6. The van der Waals surface area contributed by atoms with Crippen LogP contribution < -0.4 is 5.32 Å². The Morgan fingerprint density at radius 2 is 2.05 bits per heavy atom. The van der Waals surface area contributed by atoms with Crippen molar-refractivity contribution in [2.45, 2.75) is 26.8 Å². The molecule has 6 nitrogen and oxygen atoms in total. The molecular formula is C12H13Cl2N5O. The van der Waals surface area contributed by atoms with E-state index in [1.165, 1.54) is 6.07 Å². The number of hydrogen-bond donors (Lipinski definition) is 1. The molecule has 0 spiro atoms. The Bertz CT molecular complexity index is 621. The molecule has 0 fully saturated rings. The van der Waals surface area contributed by atoms with E-state index in [1.54, 1.807) is 10.7 Å². The summed E-state index contributed by atoms with van der Waals surface area (Å²) in [5.74, 6) is -0.0632. The standard InChI is InChI=1S/C12H13Cl2N5O/c1-3-7-5-8(19(4-2)18-7)11(20)16-10-6-9(13)15-12(14)17-10/h5-6H,3-4H2,1-2H3,(H,15,16,17,20). The van der Waals surface area contributed by atoms with Crippen LogP contribution in [0.2, 0.25) is 10.4 Å². The number of carbonyl (C=O) groups is 1. The summed E-state index contributed by atoms with van der Waals surface area (Å²) in [6.45, 7) is 4.50. The van der Waals surface area contributed by atoms with Gasteiger partial charge in [0.2, 0.25) is 5.28 Å². The first-order valence-electron chi connectivity index (χ1n) is 6.11. The summed E-state index contributed by atoms with van der Waals surface area (Å²) < 4.78 is 1.64. The van der Waals surface area contributed by atoms with Crippen molar-refractivity contribution in [1.82, 2.24) is 19.7 Å². The minimum atomic E-state index is -0.315. The van der Waals surface area contributed by atoms with Gasteiger partial charge < -0.3 is 5.32 Å². The van der Waals surface area contributed by atoms with Gasteiger partial charge in [0.25, 0.3) is 5.91 Å². The molecular weight excluding hydrogens is 301 g/mol. The quantitative estimate of drug-likeness (QED) is 0.696. The van der Waals surface area contributed by atoms with Gasteiger partial charge in [0.15, 0.2) is 0 Å². The minimum Gasteiger partial charge on any atom is -0.305 e. The molecule has 0 bridgehead atoms. The number of nitrogens with zero attached hydrogens (tertiary/aromatic N) is 4. The van der Waals surface area contributed by atoms with Gasteiger partial charge in [-0.3, -0.25) is 9.48 Å². The lowest BCUT2D eigenvalue weighted by atomic mass is 10.3. The summed E-state index contributed by atoms with van der Waals surface area (Å²) in [5, 5.41) is 7.09. The Labute approximate surface area is 126 Å². The Hall–Kier alpha value is -1.66. The molecule has 1 amide bonds. The first-order chi connectivity index (χ1) is 9.53. The first-order valence-corrected chi connectivity index (χ1v) is 6.87. The Morgan fingerprint density at radius 3 is 2.65 bits per heavy atom. The zero-order chi connectivity index (χ0) is 14.7. The zero-order valence-electron chi connectivity index (χ0n) is 11.0. The van der Waals surface area contributed by atoms with Crippen LogP contribution in [0.5, 0.6) is 0 Å². The maximum absolute atomic E-state index is 12.2. The molecule has 106 valence electrons. The molecule has 20 heavy (non-hydrogen) atoms. The third-order valence-corrected chi connectivity index (χ3v) is 3.00. The van der Waals surface area contributed by atoms with Gasteiger partial charge >= 0.3 is 0 Å². The highest BCUT2D eigenvalue weighted by Crippen LogP contribution is 2.15. The lowest BCUT2D eigenvalue weighted by Gasteiger charge is -2.06. The Kier molecular flexibility index (Phi) is 4.57. The van der Waals surface area contributed by atoms with Crippen molar-refractivity contribution in [3.63, 3.8) is 0 Å². The van der Waals surface area contributed by atoms with Crippen molar-refractivity contribution in [3.05, 3.63) is 34.0 Å². The molecule has 0 saturated carbocycles. The van der Waals surface area contributed by atoms with Crippen molar-refractivity contribution in [3.8, 4) is 0 Å². The molecule has 0 aromatic carbocycles. The van der Waals surface area contributed by atoms with Crippen molar-refractivity contribution in [2.24, 2.45) is 0 Å². The predicted molar refractivity (Wildman–Crippen MR) is 77.3 cm³/mol. The van der Waals surface area contributed by atoms with Crippen LogP contribution in [-0.4, -0.2) is 25.7 Å². The van der Waals surface area contributed by atoms with Crippen LogP contribution in [0.15, 0.2) is 12.1 Å². The molecule has 2 aromatic rings. The number of aryl methyl sites for hydroxylation is 2. The number of rotatable bonds is 4. The summed E-state index contributed by atoms with van der Waals surface area (Å²) in [6, 6.07) is 3.18. The summed E-state index contributed by atoms with van der Waals surface area (Å²) in [4.78, 5) is 19.8. The number of amides is 1. The van der Waals surface area contributed by atoms with Gasteiger partial charge in [-0.25, -0.2) is 9.97 Å². The number of aromatic nitrogens is 4. The van der Waals surface area contributed by atoms with E-state index < -0.39 is 0 Å². The number of anilines is 1. The van der Waals surface area contributed by atoms with Gasteiger partial charge in [0, 0.05) is 12.6 Å². The number of nitrogens with one attached hydrogen (secondary N) is 1. The molecule has 0 aliphatic rings.